The van der Waals surface area contributed by atoms with Crippen LogP contribution >= 0.6 is 0 Å². The van der Waals surface area contributed by atoms with E-state index in [0.29, 0.717) is 0 Å². The van der Waals surface area contributed by atoms with E-state index in [1.807, 2.05) is 19.1 Å². The summed E-state index contributed by atoms with van der Waals surface area (Å²) in [5.74, 6) is 1.11. The van der Waals surface area contributed by atoms with E-state index in [0.717, 1.165) is 17.9 Å². The van der Waals surface area contributed by atoms with Crippen LogP contribution in [0.2, 0.25) is 19.6 Å². The van der Waals surface area contributed by atoms with Gasteiger partial charge in [-0.3, -0.25) is 4.53 Å². The van der Waals surface area contributed by atoms with Gasteiger partial charge in [-0.15, -0.1) is 5.23 Å². The number of nitrogens with zero attached hydrogens (tertiary/aromatic N) is 1. The van der Waals surface area contributed by atoms with Gasteiger partial charge in [-0.25, -0.2) is 4.84 Å². The zero-order valence-corrected chi connectivity index (χ0v) is 16.3. The Morgan fingerprint density at radius 3 is 2.30 bits per heavy atom. The monoisotopic (exact) mass is 335 g/mol. The molecule has 0 radical (unpaired) electrons. The van der Waals surface area contributed by atoms with Gasteiger partial charge < -0.3 is 4.74 Å². The number of benzene rings is 1. The van der Waals surface area contributed by atoms with Gasteiger partial charge in [-0.2, -0.15) is 0 Å². The van der Waals surface area contributed by atoms with E-state index in [2.05, 4.69) is 51.7 Å². The van der Waals surface area contributed by atoms with E-state index in [1.165, 1.54) is 5.56 Å². The van der Waals surface area contributed by atoms with Crippen molar-refractivity contribution < 1.29 is 14.1 Å². The lowest BCUT2D eigenvalue weighted by Gasteiger charge is -2.45. The molecule has 0 N–H and O–H groups in total. The van der Waals surface area contributed by atoms with Crippen LogP contribution in [0.15, 0.2) is 36.0 Å². The molecule has 1 heterocycles. The molecule has 1 fully saturated rings. The highest BCUT2D eigenvalue weighted by Gasteiger charge is 2.40. The Balaban J connectivity index is 2.35. The smallest absolute Gasteiger partial charge is 0.223 e. The second-order valence-electron chi connectivity index (χ2n) is 7.56. The predicted molar refractivity (Wildman–Crippen MR) is 95.5 cm³/mol. The number of hydrogen-bond acceptors (Lipinski definition) is 4. The summed E-state index contributed by atoms with van der Waals surface area (Å²) < 4.78 is 11.4. The molecule has 0 bridgehead atoms. The van der Waals surface area contributed by atoms with Crippen LogP contribution in [0.5, 0.6) is 5.75 Å². The number of ether oxygens (including phenoxy) is 1. The normalized spacial score (nSPS) is 23.2. The molecule has 0 aromatic heterocycles. The zero-order valence-electron chi connectivity index (χ0n) is 15.3. The van der Waals surface area contributed by atoms with E-state index >= 15 is 0 Å². The fourth-order valence-electron chi connectivity index (χ4n) is 2.79. The van der Waals surface area contributed by atoms with Gasteiger partial charge in [0.25, 0.3) is 0 Å². The fourth-order valence-corrected chi connectivity index (χ4v) is 3.43. The maximum Gasteiger partial charge on any atom is 0.223 e. The first-order valence-corrected chi connectivity index (χ1v) is 11.5. The molecule has 0 spiro atoms. The van der Waals surface area contributed by atoms with Crippen LogP contribution in [-0.2, 0) is 9.36 Å². The molecule has 0 saturated carbocycles. The minimum atomic E-state index is -1.77. The molecule has 1 aliphatic heterocycles. The first-order chi connectivity index (χ1) is 10.6. The number of rotatable bonds is 4. The molecule has 1 aromatic carbocycles. The Morgan fingerprint density at radius 2 is 1.83 bits per heavy atom. The van der Waals surface area contributed by atoms with Crippen LogP contribution in [0.4, 0.5) is 0 Å². The number of hydroxylamine groups is 2. The van der Waals surface area contributed by atoms with E-state index in [4.69, 9.17) is 14.1 Å². The van der Waals surface area contributed by atoms with Gasteiger partial charge in [0.15, 0.2) is 0 Å². The Hall–Kier alpha value is -1.30. The minimum Gasteiger partial charge on any atom is -0.497 e. The van der Waals surface area contributed by atoms with Gasteiger partial charge in [-0.05, 0) is 64.5 Å². The van der Waals surface area contributed by atoms with Crippen LogP contribution in [-0.4, -0.2) is 26.3 Å². The Morgan fingerprint density at radius 1 is 1.22 bits per heavy atom. The molecule has 1 atom stereocenters. The molecule has 1 aromatic rings. The SMILES string of the molecule is C/C=C1\[C@@H](c2ccc(OC)cc2)CC(C)(C)ON1O[Si](C)(C)C. The lowest BCUT2D eigenvalue weighted by molar-refractivity contribution is -0.364. The quantitative estimate of drug-likeness (QED) is 0.735. The lowest BCUT2D eigenvalue weighted by Crippen LogP contribution is -2.48. The molecule has 23 heavy (non-hydrogen) atoms. The summed E-state index contributed by atoms with van der Waals surface area (Å²) >= 11 is 0. The number of methoxy groups -OCH3 is 1. The second-order valence-corrected chi connectivity index (χ2v) is 12.0. The highest BCUT2D eigenvalue weighted by molar-refractivity contribution is 6.69. The molecular weight excluding hydrogens is 306 g/mol. The van der Waals surface area contributed by atoms with Crippen molar-refractivity contribution in [2.24, 2.45) is 0 Å². The fraction of sp³-hybridized carbons (Fsp3) is 0.556. The van der Waals surface area contributed by atoms with Crippen LogP contribution < -0.4 is 4.74 Å². The zero-order chi connectivity index (χ0) is 17.3. The average Bonchev–Trinajstić information content (AvgIpc) is 2.44. The van der Waals surface area contributed by atoms with Crippen molar-refractivity contribution in [3.63, 3.8) is 0 Å². The molecule has 0 aliphatic carbocycles. The molecule has 0 unspecified atom stereocenters. The van der Waals surface area contributed by atoms with Gasteiger partial charge in [0.1, 0.15) is 5.75 Å². The van der Waals surface area contributed by atoms with Crippen LogP contribution in [0, 0.1) is 0 Å². The third-order valence-electron chi connectivity index (χ3n) is 3.76. The van der Waals surface area contributed by atoms with Gasteiger partial charge in [-0.1, -0.05) is 18.2 Å². The molecule has 128 valence electrons. The lowest BCUT2D eigenvalue weighted by atomic mass is 9.84. The predicted octanol–water partition coefficient (Wildman–Crippen LogP) is 4.87. The number of allylic oxidation sites excluding steroid dienone is 2. The van der Waals surface area contributed by atoms with Crippen molar-refractivity contribution >= 4 is 8.32 Å². The Bertz CT molecular complexity index is 559. The van der Waals surface area contributed by atoms with Crippen molar-refractivity contribution in [1.29, 1.82) is 0 Å². The summed E-state index contributed by atoms with van der Waals surface area (Å²) in [4.78, 5) is 6.10. The summed E-state index contributed by atoms with van der Waals surface area (Å²) in [5.41, 5.74) is 2.04. The third kappa shape index (κ3) is 4.59. The summed E-state index contributed by atoms with van der Waals surface area (Å²) in [6.45, 7) is 12.7. The average molecular weight is 336 g/mol. The highest BCUT2D eigenvalue weighted by Crippen LogP contribution is 2.42. The van der Waals surface area contributed by atoms with Crippen molar-refractivity contribution in [2.45, 2.75) is 58.4 Å². The summed E-state index contributed by atoms with van der Waals surface area (Å²) in [7, 11) is -0.0824. The van der Waals surface area contributed by atoms with Crippen LogP contribution in [0.3, 0.4) is 0 Å². The van der Waals surface area contributed by atoms with Crippen molar-refractivity contribution in [2.75, 3.05) is 7.11 Å². The molecule has 1 saturated heterocycles. The van der Waals surface area contributed by atoms with E-state index in [1.54, 1.807) is 12.3 Å². The maximum absolute atomic E-state index is 6.17. The van der Waals surface area contributed by atoms with Gasteiger partial charge in [0.05, 0.1) is 18.4 Å². The van der Waals surface area contributed by atoms with Crippen molar-refractivity contribution in [1.82, 2.24) is 5.23 Å². The highest BCUT2D eigenvalue weighted by atomic mass is 28.4. The van der Waals surface area contributed by atoms with Crippen LogP contribution in [0.1, 0.15) is 38.7 Å². The summed E-state index contributed by atoms with van der Waals surface area (Å²) in [6.07, 6.45) is 2.99. The molecule has 0 amide bonds. The molecule has 2 rings (SSSR count). The minimum absolute atomic E-state index is 0.242. The van der Waals surface area contributed by atoms with Crippen molar-refractivity contribution in [3.8, 4) is 5.75 Å². The van der Waals surface area contributed by atoms with Gasteiger partial charge in [0, 0.05) is 5.92 Å². The summed E-state index contributed by atoms with van der Waals surface area (Å²) in [6, 6.07) is 8.27. The molecular formula is C18H29NO3Si. The Kier molecular flexibility index (Phi) is 5.23. The molecule has 4 nitrogen and oxygen atoms in total. The molecule has 5 heteroatoms. The first kappa shape index (κ1) is 18.0. The van der Waals surface area contributed by atoms with Crippen molar-refractivity contribution in [3.05, 3.63) is 41.6 Å². The van der Waals surface area contributed by atoms with E-state index in [-0.39, 0.29) is 11.5 Å². The van der Waals surface area contributed by atoms with Gasteiger partial charge >= 0.3 is 0 Å². The Labute approximate surface area is 141 Å². The standard InChI is InChI=1S/C18H29NO3Si/c1-8-17-16(14-9-11-15(20-4)12-10-14)13-18(2,3)21-19(17)22-23(5,6)7/h8-12,16H,13H2,1-7H3/b17-8+/t16-/m1/s1. The topological polar surface area (TPSA) is 30.9 Å². The third-order valence-corrected chi connectivity index (χ3v) is 4.48. The maximum atomic E-state index is 6.17. The summed E-state index contributed by atoms with van der Waals surface area (Å²) in [5, 5.41) is 1.67. The van der Waals surface area contributed by atoms with E-state index in [9.17, 15) is 0 Å². The van der Waals surface area contributed by atoms with Crippen LogP contribution in [0.25, 0.3) is 0 Å². The van der Waals surface area contributed by atoms with Gasteiger partial charge in [0.2, 0.25) is 8.32 Å². The molecule has 1 aliphatic rings. The largest absolute Gasteiger partial charge is 0.497 e. The van der Waals surface area contributed by atoms with E-state index < -0.39 is 8.32 Å². The number of hydrogen-bond donors (Lipinski definition) is 0. The second kappa shape index (κ2) is 6.67. The first-order valence-electron chi connectivity index (χ1n) is 8.14.